The van der Waals surface area contributed by atoms with E-state index in [0.717, 1.165) is 18.7 Å². The first-order valence-corrected chi connectivity index (χ1v) is 7.21. The number of alkyl halides is 3. The van der Waals surface area contributed by atoms with Gasteiger partial charge in [0.15, 0.2) is 17.8 Å². The predicted molar refractivity (Wildman–Crippen MR) is 80.1 cm³/mol. The second-order valence-corrected chi connectivity index (χ2v) is 5.08. The molecule has 3 aromatic rings. The van der Waals surface area contributed by atoms with Crippen LogP contribution in [0, 0.1) is 5.82 Å². The second-order valence-electron chi connectivity index (χ2n) is 5.08. The van der Waals surface area contributed by atoms with Crippen molar-refractivity contribution in [2.45, 2.75) is 12.7 Å². The van der Waals surface area contributed by atoms with Crippen molar-refractivity contribution in [2.75, 3.05) is 0 Å². The molecule has 0 radical (unpaired) electrons. The Hall–Kier alpha value is -3.30. The molecule has 0 aliphatic rings. The molecule has 2 aromatic heterocycles. The van der Waals surface area contributed by atoms with Gasteiger partial charge in [-0.25, -0.2) is 19.3 Å². The van der Waals surface area contributed by atoms with Gasteiger partial charge < -0.3 is 9.73 Å². The molecule has 10 heteroatoms. The van der Waals surface area contributed by atoms with Gasteiger partial charge in [-0.1, -0.05) is 0 Å². The van der Waals surface area contributed by atoms with Crippen molar-refractivity contribution in [3.8, 4) is 11.3 Å². The number of carbonyl (C=O) groups excluding carboxylic acids is 1. The molecule has 0 spiro atoms. The lowest BCUT2D eigenvalue weighted by atomic mass is 10.1. The van der Waals surface area contributed by atoms with E-state index in [1.165, 1.54) is 24.3 Å². The zero-order valence-electron chi connectivity index (χ0n) is 12.9. The number of halogens is 4. The van der Waals surface area contributed by atoms with Crippen LogP contribution in [0.4, 0.5) is 17.6 Å². The quantitative estimate of drug-likeness (QED) is 0.717. The molecule has 1 N–H and O–H groups in total. The third kappa shape index (κ3) is 3.85. The average molecular weight is 366 g/mol. The Morgan fingerprint density at radius 3 is 2.54 bits per heavy atom. The molecule has 1 aromatic carbocycles. The number of benzene rings is 1. The summed E-state index contributed by atoms with van der Waals surface area (Å²) in [5, 5.41) is 2.37. The average Bonchev–Trinajstić information content (AvgIpc) is 3.09. The molecule has 3 rings (SSSR count). The van der Waals surface area contributed by atoms with Crippen LogP contribution in [-0.4, -0.2) is 20.9 Å². The van der Waals surface area contributed by atoms with E-state index in [4.69, 9.17) is 4.42 Å². The highest BCUT2D eigenvalue weighted by molar-refractivity contribution is 5.97. The van der Waals surface area contributed by atoms with Gasteiger partial charge in [-0.15, -0.1) is 0 Å². The number of oxazole rings is 1. The fraction of sp³-hybridized carbons (Fsp3) is 0.125. The summed E-state index contributed by atoms with van der Waals surface area (Å²) in [7, 11) is 0. The molecule has 26 heavy (non-hydrogen) atoms. The Bertz CT molecular complexity index is 922. The van der Waals surface area contributed by atoms with Crippen molar-refractivity contribution < 1.29 is 26.8 Å². The molecule has 0 saturated carbocycles. The van der Waals surface area contributed by atoms with Crippen LogP contribution in [-0.2, 0) is 12.7 Å². The van der Waals surface area contributed by atoms with Crippen molar-refractivity contribution in [1.29, 1.82) is 0 Å². The molecule has 6 nitrogen and oxygen atoms in total. The molecule has 0 unspecified atom stereocenters. The van der Waals surface area contributed by atoms with Crippen LogP contribution in [0.5, 0.6) is 0 Å². The highest BCUT2D eigenvalue weighted by Gasteiger charge is 2.32. The van der Waals surface area contributed by atoms with Crippen LogP contribution >= 0.6 is 0 Å². The minimum atomic E-state index is -4.61. The van der Waals surface area contributed by atoms with Crippen LogP contribution in [0.25, 0.3) is 11.3 Å². The monoisotopic (exact) mass is 366 g/mol. The van der Waals surface area contributed by atoms with Gasteiger partial charge in [-0.3, -0.25) is 4.79 Å². The van der Waals surface area contributed by atoms with Gasteiger partial charge in [-0.2, -0.15) is 13.2 Å². The molecular formula is C16H10F4N4O2. The van der Waals surface area contributed by atoms with Crippen LogP contribution in [0.2, 0.25) is 0 Å². The maximum Gasteiger partial charge on any atom is 0.433 e. The molecule has 1 amide bonds. The van der Waals surface area contributed by atoms with Gasteiger partial charge in [0.2, 0.25) is 0 Å². The van der Waals surface area contributed by atoms with Crippen LogP contribution < -0.4 is 5.32 Å². The lowest BCUT2D eigenvalue weighted by Gasteiger charge is -2.07. The fourth-order valence-corrected chi connectivity index (χ4v) is 2.10. The third-order valence-electron chi connectivity index (χ3n) is 3.29. The van der Waals surface area contributed by atoms with E-state index >= 15 is 0 Å². The minimum absolute atomic E-state index is 0.0939. The van der Waals surface area contributed by atoms with Gasteiger partial charge in [0, 0.05) is 11.8 Å². The van der Waals surface area contributed by atoms with Crippen molar-refractivity contribution in [1.82, 2.24) is 20.3 Å². The van der Waals surface area contributed by atoms with E-state index < -0.39 is 23.6 Å². The van der Waals surface area contributed by atoms with Crippen LogP contribution in [0.15, 0.2) is 47.3 Å². The number of nitrogens with zero attached hydrogens (tertiary/aromatic N) is 3. The standard InChI is InChI=1S/C16H10F4N4O2/c17-10-3-1-9(2-4-10)14-13(23-8-26-14)15(25)22-7-12-21-6-5-11(24-12)16(18,19)20/h1-6,8H,7H2,(H,22,25). The summed E-state index contributed by atoms with van der Waals surface area (Å²) in [6.45, 7) is -0.335. The number of nitrogens with one attached hydrogen (secondary N) is 1. The van der Waals surface area contributed by atoms with E-state index in [9.17, 15) is 22.4 Å². The van der Waals surface area contributed by atoms with Crippen LogP contribution in [0.1, 0.15) is 22.0 Å². The first-order valence-electron chi connectivity index (χ1n) is 7.21. The van der Waals surface area contributed by atoms with Crippen LogP contribution in [0.3, 0.4) is 0 Å². The summed E-state index contributed by atoms with van der Waals surface area (Å²) in [4.78, 5) is 23.1. The SMILES string of the molecule is O=C(NCc1nccc(C(F)(F)F)n1)c1ncoc1-c1ccc(F)cc1. The molecule has 0 saturated heterocycles. The summed E-state index contributed by atoms with van der Waals surface area (Å²) in [6, 6.07) is 5.92. The number of hydrogen-bond donors (Lipinski definition) is 1. The van der Waals surface area contributed by atoms with E-state index in [2.05, 4.69) is 20.3 Å². The Kier molecular flexibility index (Phi) is 4.65. The van der Waals surface area contributed by atoms with Gasteiger partial charge in [0.25, 0.3) is 5.91 Å². The smallest absolute Gasteiger partial charge is 0.433 e. The van der Waals surface area contributed by atoms with E-state index in [0.29, 0.717) is 5.56 Å². The molecule has 0 bridgehead atoms. The van der Waals surface area contributed by atoms with Crippen molar-refractivity contribution >= 4 is 5.91 Å². The van der Waals surface area contributed by atoms with E-state index in [-0.39, 0.29) is 23.8 Å². The number of amides is 1. The molecule has 0 atom stereocenters. The molecule has 0 fully saturated rings. The number of hydrogen-bond acceptors (Lipinski definition) is 5. The Morgan fingerprint density at radius 1 is 1.12 bits per heavy atom. The molecule has 0 aliphatic heterocycles. The normalized spacial score (nSPS) is 11.4. The summed E-state index contributed by atoms with van der Waals surface area (Å²) in [5.74, 6) is -1.26. The highest BCUT2D eigenvalue weighted by atomic mass is 19.4. The highest BCUT2D eigenvalue weighted by Crippen LogP contribution is 2.27. The van der Waals surface area contributed by atoms with Gasteiger partial charge in [0.1, 0.15) is 17.3 Å². The lowest BCUT2D eigenvalue weighted by molar-refractivity contribution is -0.141. The predicted octanol–water partition coefficient (Wildman–Crippen LogP) is 3.22. The topological polar surface area (TPSA) is 80.9 Å². The first-order chi connectivity index (χ1) is 12.3. The van der Waals surface area contributed by atoms with Crippen molar-refractivity contribution in [2.24, 2.45) is 0 Å². The maximum absolute atomic E-state index is 13.0. The largest absolute Gasteiger partial charge is 0.443 e. The van der Waals surface area contributed by atoms with E-state index in [1.807, 2.05) is 0 Å². The van der Waals surface area contributed by atoms with Crippen molar-refractivity contribution in [3.63, 3.8) is 0 Å². The molecule has 0 aliphatic carbocycles. The fourth-order valence-electron chi connectivity index (χ4n) is 2.10. The Morgan fingerprint density at radius 2 is 1.85 bits per heavy atom. The Labute approximate surface area is 143 Å². The number of carbonyl (C=O) groups is 1. The van der Waals surface area contributed by atoms with E-state index in [1.54, 1.807) is 0 Å². The zero-order chi connectivity index (χ0) is 18.7. The number of rotatable bonds is 4. The molecule has 134 valence electrons. The summed E-state index contributed by atoms with van der Waals surface area (Å²) >= 11 is 0. The molecular weight excluding hydrogens is 356 g/mol. The lowest BCUT2D eigenvalue weighted by Crippen LogP contribution is -2.25. The van der Waals surface area contributed by atoms with Gasteiger partial charge >= 0.3 is 6.18 Å². The number of aromatic nitrogens is 3. The molecule has 2 heterocycles. The first kappa shape index (κ1) is 17.5. The van der Waals surface area contributed by atoms with Crippen molar-refractivity contribution in [3.05, 3.63) is 66.0 Å². The summed E-state index contributed by atoms with van der Waals surface area (Å²) in [5.41, 5.74) is -0.780. The Balaban J connectivity index is 1.74. The third-order valence-corrected chi connectivity index (χ3v) is 3.29. The van der Waals surface area contributed by atoms with Gasteiger partial charge in [0.05, 0.1) is 6.54 Å². The summed E-state index contributed by atoms with van der Waals surface area (Å²) in [6.07, 6.45) is -2.62. The maximum atomic E-state index is 13.0. The second kappa shape index (κ2) is 6.90. The zero-order valence-corrected chi connectivity index (χ0v) is 12.9. The summed E-state index contributed by atoms with van der Waals surface area (Å²) < 4.78 is 56.0. The van der Waals surface area contributed by atoms with Gasteiger partial charge in [-0.05, 0) is 30.3 Å². The minimum Gasteiger partial charge on any atom is -0.443 e.